The van der Waals surface area contributed by atoms with Crippen LogP contribution in [0.2, 0.25) is 0 Å². The molecule has 3 heterocycles. The highest BCUT2D eigenvalue weighted by molar-refractivity contribution is 7.26. The Morgan fingerprint density at radius 1 is 0.351 bits per heavy atom. The minimum atomic E-state index is 0.577. The molecule has 0 aliphatic carbocycles. The van der Waals surface area contributed by atoms with E-state index in [1.165, 1.54) is 0 Å². The number of hydrogen-bond acceptors (Lipinski definition) is 8. The van der Waals surface area contributed by atoms with Crippen LogP contribution in [0.4, 0.5) is 0 Å². The Balaban J connectivity index is 1.08. The smallest absolute Gasteiger partial charge is 0.165 e. The van der Waals surface area contributed by atoms with Crippen LogP contribution in [0.1, 0.15) is 5.56 Å². The zero-order valence-corrected chi connectivity index (χ0v) is 31.1. The molecule has 0 unspecified atom stereocenters. The van der Waals surface area contributed by atoms with Gasteiger partial charge < -0.3 is 0 Å². The summed E-state index contributed by atoms with van der Waals surface area (Å²) in [4.78, 5) is 30.0. The first-order chi connectivity index (χ1) is 28.2. The Morgan fingerprint density at radius 3 is 1.37 bits per heavy atom. The summed E-state index contributed by atoms with van der Waals surface area (Å²) < 4.78 is 2.19. The number of rotatable bonds is 7. The fourth-order valence-corrected chi connectivity index (χ4v) is 8.22. The summed E-state index contributed by atoms with van der Waals surface area (Å²) in [5.74, 6) is 3.64. The van der Waals surface area contributed by atoms with Crippen LogP contribution in [0, 0.1) is 11.3 Å². The standard InChI is InChI=1S/C49H29N7S/c50-30-31-12-10-19-37(28-31)32-22-24-36(25-23-32)47-51-44(33-13-4-1-5-14-33)53-48(54-47)38-26-27-39-40-20-11-21-41(43(40)57-42(39)29-38)49-55-45(34-15-6-2-7-16-34)52-46(56-49)35-17-8-3-9-18-35/h1-29H. The lowest BCUT2D eigenvalue weighted by atomic mass is 10.0. The second-order valence-corrected chi connectivity index (χ2v) is 14.5. The predicted molar refractivity (Wildman–Crippen MR) is 229 cm³/mol. The van der Waals surface area contributed by atoms with Gasteiger partial charge in [-0.05, 0) is 35.4 Å². The van der Waals surface area contributed by atoms with E-state index in [1.807, 2.05) is 140 Å². The number of fused-ring (bicyclic) bond motifs is 3. The largest absolute Gasteiger partial charge is 0.208 e. The van der Waals surface area contributed by atoms with E-state index in [2.05, 4.69) is 42.5 Å². The molecule has 57 heavy (non-hydrogen) atoms. The Bertz CT molecular complexity index is 3060. The van der Waals surface area contributed by atoms with Crippen molar-refractivity contribution in [2.45, 2.75) is 0 Å². The van der Waals surface area contributed by atoms with Gasteiger partial charge >= 0.3 is 0 Å². The number of nitrogens with zero attached hydrogens (tertiary/aromatic N) is 7. The summed E-state index contributed by atoms with van der Waals surface area (Å²) in [6.45, 7) is 0. The summed E-state index contributed by atoms with van der Waals surface area (Å²) >= 11 is 1.71. The fraction of sp³-hybridized carbons (Fsp3) is 0. The lowest BCUT2D eigenvalue weighted by Crippen LogP contribution is -2.00. The third-order valence-corrected chi connectivity index (χ3v) is 11.0. The van der Waals surface area contributed by atoms with E-state index >= 15 is 0 Å². The summed E-state index contributed by atoms with van der Waals surface area (Å²) in [5, 5.41) is 11.7. The minimum Gasteiger partial charge on any atom is -0.208 e. The predicted octanol–water partition coefficient (Wildman–Crippen LogP) is 12.0. The third-order valence-electron chi connectivity index (χ3n) is 9.83. The van der Waals surface area contributed by atoms with Gasteiger partial charge in [-0.25, -0.2) is 29.9 Å². The van der Waals surface area contributed by atoms with Crippen molar-refractivity contribution in [3.8, 4) is 85.5 Å². The average Bonchev–Trinajstić information content (AvgIpc) is 3.68. The van der Waals surface area contributed by atoms with Gasteiger partial charge in [-0.1, -0.05) is 152 Å². The van der Waals surface area contributed by atoms with E-state index in [-0.39, 0.29) is 0 Å². The molecule has 0 fully saturated rings. The highest BCUT2D eigenvalue weighted by atomic mass is 32.1. The molecule has 0 aliphatic rings. The number of thiophene rings is 1. The van der Waals surface area contributed by atoms with Crippen LogP contribution >= 0.6 is 11.3 Å². The molecule has 0 N–H and O–H groups in total. The molecule has 7 aromatic carbocycles. The van der Waals surface area contributed by atoms with Gasteiger partial charge in [0.05, 0.1) is 11.6 Å². The number of nitriles is 1. The molecular weight excluding hydrogens is 719 g/mol. The van der Waals surface area contributed by atoms with Gasteiger partial charge in [0.2, 0.25) is 0 Å². The second-order valence-electron chi connectivity index (χ2n) is 13.5. The Labute approximate surface area is 332 Å². The maximum absolute atomic E-state index is 9.41. The highest BCUT2D eigenvalue weighted by Gasteiger charge is 2.18. The van der Waals surface area contributed by atoms with Crippen molar-refractivity contribution in [3.63, 3.8) is 0 Å². The molecule has 0 atom stereocenters. The van der Waals surface area contributed by atoms with E-state index in [9.17, 15) is 5.26 Å². The molecule has 7 nitrogen and oxygen atoms in total. The van der Waals surface area contributed by atoms with Gasteiger partial charge in [0, 0.05) is 53.6 Å². The molecule has 3 aromatic heterocycles. The molecule has 10 rings (SSSR count). The van der Waals surface area contributed by atoms with Gasteiger partial charge in [0.15, 0.2) is 34.9 Å². The van der Waals surface area contributed by atoms with Gasteiger partial charge in [0.25, 0.3) is 0 Å². The molecule has 0 radical (unpaired) electrons. The average molecular weight is 748 g/mol. The zero-order valence-electron chi connectivity index (χ0n) is 30.3. The van der Waals surface area contributed by atoms with Crippen LogP contribution in [-0.2, 0) is 0 Å². The minimum absolute atomic E-state index is 0.577. The Hall–Kier alpha value is -7.73. The van der Waals surface area contributed by atoms with Gasteiger partial charge in [-0.15, -0.1) is 11.3 Å². The summed E-state index contributed by atoms with van der Waals surface area (Å²) in [6, 6.07) is 60.7. The van der Waals surface area contributed by atoms with Gasteiger partial charge in [-0.3, -0.25) is 0 Å². The molecule has 0 saturated heterocycles. The molecule has 8 heteroatoms. The van der Waals surface area contributed by atoms with E-state index in [1.54, 1.807) is 11.3 Å². The van der Waals surface area contributed by atoms with E-state index in [0.717, 1.165) is 64.7 Å². The van der Waals surface area contributed by atoms with Crippen molar-refractivity contribution in [1.29, 1.82) is 5.26 Å². The van der Waals surface area contributed by atoms with Crippen LogP contribution in [0.15, 0.2) is 176 Å². The van der Waals surface area contributed by atoms with E-state index < -0.39 is 0 Å². The second kappa shape index (κ2) is 14.5. The molecule has 0 amide bonds. The zero-order chi connectivity index (χ0) is 38.1. The lowest BCUT2D eigenvalue weighted by molar-refractivity contribution is 1.07. The van der Waals surface area contributed by atoms with E-state index in [0.29, 0.717) is 40.5 Å². The van der Waals surface area contributed by atoms with Crippen LogP contribution in [0.25, 0.3) is 99.6 Å². The molecule has 0 aliphatic heterocycles. The highest BCUT2D eigenvalue weighted by Crippen LogP contribution is 2.41. The summed E-state index contributed by atoms with van der Waals surface area (Å²) in [6.07, 6.45) is 0. The third kappa shape index (κ3) is 6.59. The fourth-order valence-electron chi connectivity index (χ4n) is 6.97. The van der Waals surface area contributed by atoms with Crippen molar-refractivity contribution in [1.82, 2.24) is 29.9 Å². The van der Waals surface area contributed by atoms with Crippen LogP contribution in [0.3, 0.4) is 0 Å². The quantitative estimate of drug-likeness (QED) is 0.160. The molecule has 0 bridgehead atoms. The summed E-state index contributed by atoms with van der Waals surface area (Å²) in [7, 11) is 0. The first-order valence-electron chi connectivity index (χ1n) is 18.4. The first kappa shape index (κ1) is 33.8. The topological polar surface area (TPSA) is 101 Å². The number of aromatic nitrogens is 6. The SMILES string of the molecule is N#Cc1cccc(-c2ccc(-c3nc(-c4ccccc4)nc(-c4ccc5c(c4)sc4c(-c6nc(-c7ccccc7)nc(-c7ccccc7)n6)cccc45)n3)cc2)c1. The van der Waals surface area contributed by atoms with Crippen molar-refractivity contribution < 1.29 is 0 Å². The van der Waals surface area contributed by atoms with Crippen molar-refractivity contribution in [2.24, 2.45) is 0 Å². The Morgan fingerprint density at radius 2 is 0.807 bits per heavy atom. The van der Waals surface area contributed by atoms with Gasteiger partial charge in [0.1, 0.15) is 0 Å². The van der Waals surface area contributed by atoms with Crippen molar-refractivity contribution in [3.05, 3.63) is 181 Å². The van der Waals surface area contributed by atoms with Crippen LogP contribution < -0.4 is 0 Å². The van der Waals surface area contributed by atoms with Crippen LogP contribution in [-0.4, -0.2) is 29.9 Å². The first-order valence-corrected chi connectivity index (χ1v) is 19.2. The normalized spacial score (nSPS) is 11.1. The maximum atomic E-state index is 9.41. The van der Waals surface area contributed by atoms with Gasteiger partial charge in [-0.2, -0.15) is 5.26 Å². The van der Waals surface area contributed by atoms with Crippen molar-refractivity contribution >= 4 is 31.5 Å². The monoisotopic (exact) mass is 747 g/mol. The van der Waals surface area contributed by atoms with E-state index in [4.69, 9.17) is 29.9 Å². The van der Waals surface area contributed by atoms with Crippen molar-refractivity contribution in [2.75, 3.05) is 0 Å². The maximum Gasteiger partial charge on any atom is 0.165 e. The molecule has 0 saturated carbocycles. The molecular formula is C49H29N7S. The molecule has 266 valence electrons. The molecule has 0 spiro atoms. The van der Waals surface area contributed by atoms with Crippen LogP contribution in [0.5, 0.6) is 0 Å². The number of hydrogen-bond donors (Lipinski definition) is 0. The number of benzene rings is 7. The molecule has 10 aromatic rings. The Kier molecular flexibility index (Phi) is 8.60. The lowest BCUT2D eigenvalue weighted by Gasteiger charge is -2.09. The summed E-state index contributed by atoms with van der Waals surface area (Å²) in [5.41, 5.74) is 8.07.